The Balaban J connectivity index is 0.00000320. The Morgan fingerprint density at radius 2 is 1.90 bits per heavy atom. The number of pyridine rings is 1. The van der Waals surface area contributed by atoms with Crippen LogP contribution in [0.3, 0.4) is 0 Å². The molecule has 3 rings (SSSR count). The smallest absolute Gasteiger partial charge is 0.191 e. The highest BCUT2D eigenvalue weighted by Gasteiger charge is 2.34. The Bertz CT molecular complexity index is 657. The fourth-order valence-electron chi connectivity index (χ4n) is 4.41. The van der Waals surface area contributed by atoms with E-state index in [1.807, 2.05) is 38.2 Å². The van der Waals surface area contributed by atoms with E-state index < -0.39 is 0 Å². The Kier molecular flexibility index (Phi) is 10.6. The van der Waals surface area contributed by atoms with Crippen molar-refractivity contribution in [3.8, 4) is 0 Å². The highest BCUT2D eigenvalue weighted by Crippen LogP contribution is 2.36. The summed E-state index contributed by atoms with van der Waals surface area (Å²) in [6, 6.07) is 6.12. The van der Waals surface area contributed by atoms with Gasteiger partial charge in [-0.15, -0.1) is 24.0 Å². The van der Waals surface area contributed by atoms with E-state index in [1.165, 1.54) is 32.1 Å². The number of aliphatic imine (C=N–C) groups is 1. The lowest BCUT2D eigenvalue weighted by atomic mass is 9.73. The number of aromatic nitrogens is 1. The van der Waals surface area contributed by atoms with Crippen LogP contribution < -0.4 is 15.5 Å². The second kappa shape index (κ2) is 12.7. The van der Waals surface area contributed by atoms with Crippen molar-refractivity contribution in [3.05, 3.63) is 23.9 Å². The number of halogens is 1. The van der Waals surface area contributed by atoms with Gasteiger partial charge in [-0.25, -0.2) is 4.98 Å². The van der Waals surface area contributed by atoms with Crippen LogP contribution >= 0.6 is 24.0 Å². The number of nitrogens with zero attached hydrogens (tertiary/aromatic N) is 4. The van der Waals surface area contributed by atoms with Gasteiger partial charge in [0.1, 0.15) is 5.82 Å². The maximum absolute atomic E-state index is 5.54. The maximum Gasteiger partial charge on any atom is 0.191 e. The molecule has 2 heterocycles. The van der Waals surface area contributed by atoms with Crippen LogP contribution in [0.1, 0.15) is 37.8 Å². The number of guanidine groups is 1. The first-order valence-corrected chi connectivity index (χ1v) is 11.0. The lowest BCUT2D eigenvalue weighted by Crippen LogP contribution is -2.51. The molecule has 2 fully saturated rings. The lowest BCUT2D eigenvalue weighted by molar-refractivity contribution is 0.00820. The Hall–Kier alpha value is -1.13. The van der Waals surface area contributed by atoms with Gasteiger partial charge in [0.2, 0.25) is 0 Å². The lowest BCUT2D eigenvalue weighted by Gasteiger charge is -2.42. The van der Waals surface area contributed by atoms with Gasteiger partial charge in [0.15, 0.2) is 5.96 Å². The number of morpholine rings is 1. The molecule has 0 bridgehead atoms. The molecular formula is C22H39IN6O. The van der Waals surface area contributed by atoms with Gasteiger partial charge >= 0.3 is 0 Å². The van der Waals surface area contributed by atoms with Crippen molar-refractivity contribution in [1.29, 1.82) is 0 Å². The molecule has 0 radical (unpaired) electrons. The summed E-state index contributed by atoms with van der Waals surface area (Å²) in [6.07, 6.45) is 6.62. The van der Waals surface area contributed by atoms with Gasteiger partial charge < -0.3 is 20.3 Å². The molecule has 0 amide bonds. The van der Waals surface area contributed by atoms with E-state index in [-0.39, 0.29) is 24.0 Å². The quantitative estimate of drug-likeness (QED) is 0.321. The van der Waals surface area contributed by atoms with Crippen molar-refractivity contribution in [3.63, 3.8) is 0 Å². The van der Waals surface area contributed by atoms with Crippen molar-refractivity contribution in [1.82, 2.24) is 20.5 Å². The first kappa shape index (κ1) is 25.1. The molecular weight excluding hydrogens is 491 g/mol. The van der Waals surface area contributed by atoms with Crippen LogP contribution in [0.4, 0.5) is 5.82 Å². The van der Waals surface area contributed by atoms with Crippen LogP contribution in [-0.2, 0) is 11.3 Å². The molecule has 2 aliphatic rings. The molecule has 0 spiro atoms. The summed E-state index contributed by atoms with van der Waals surface area (Å²) in [7, 11) is 5.87. The molecule has 1 aromatic heterocycles. The first-order valence-electron chi connectivity index (χ1n) is 11.0. The Labute approximate surface area is 199 Å². The zero-order chi connectivity index (χ0) is 20.5. The Morgan fingerprint density at radius 1 is 1.17 bits per heavy atom. The largest absolute Gasteiger partial charge is 0.379 e. The van der Waals surface area contributed by atoms with Gasteiger partial charge in [0.05, 0.1) is 25.5 Å². The van der Waals surface area contributed by atoms with Crippen LogP contribution in [0.25, 0.3) is 0 Å². The van der Waals surface area contributed by atoms with E-state index in [0.29, 0.717) is 12.0 Å². The van der Waals surface area contributed by atoms with Gasteiger partial charge in [-0.05, 0) is 25.0 Å². The second-order valence-corrected chi connectivity index (χ2v) is 8.61. The average Bonchev–Trinajstić information content (AvgIpc) is 2.75. The van der Waals surface area contributed by atoms with Crippen LogP contribution in [-0.4, -0.2) is 76.4 Å². The molecule has 0 aromatic carbocycles. The minimum absolute atomic E-state index is 0. The summed E-state index contributed by atoms with van der Waals surface area (Å²) in [6.45, 7) is 6.64. The highest BCUT2D eigenvalue weighted by molar-refractivity contribution is 14.0. The van der Waals surface area contributed by atoms with E-state index >= 15 is 0 Å². The van der Waals surface area contributed by atoms with Crippen molar-refractivity contribution < 1.29 is 4.74 Å². The maximum atomic E-state index is 5.54. The molecule has 170 valence electrons. The number of hydrogen-bond acceptors (Lipinski definition) is 5. The number of anilines is 1. The molecule has 8 heteroatoms. The van der Waals surface area contributed by atoms with E-state index in [9.17, 15) is 0 Å². The predicted octanol–water partition coefficient (Wildman–Crippen LogP) is 2.71. The van der Waals surface area contributed by atoms with E-state index in [1.54, 1.807) is 0 Å². The first-order chi connectivity index (χ1) is 14.1. The van der Waals surface area contributed by atoms with Crippen molar-refractivity contribution >= 4 is 35.8 Å². The van der Waals surface area contributed by atoms with Gasteiger partial charge in [0.25, 0.3) is 0 Å². The summed E-state index contributed by atoms with van der Waals surface area (Å²) in [4.78, 5) is 13.7. The summed E-state index contributed by atoms with van der Waals surface area (Å²) in [5.74, 6) is 1.83. The van der Waals surface area contributed by atoms with Gasteiger partial charge in [-0.3, -0.25) is 9.89 Å². The van der Waals surface area contributed by atoms with E-state index in [0.717, 1.165) is 56.9 Å². The third-order valence-corrected chi connectivity index (χ3v) is 6.12. The summed E-state index contributed by atoms with van der Waals surface area (Å²) in [5.41, 5.74) is 1.34. The van der Waals surface area contributed by atoms with Crippen molar-refractivity contribution in [2.75, 3.05) is 65.4 Å². The molecule has 2 N–H and O–H groups in total. The fraction of sp³-hybridized carbons (Fsp3) is 0.727. The topological polar surface area (TPSA) is 65.0 Å². The van der Waals surface area contributed by atoms with Gasteiger partial charge in [0, 0.05) is 52.7 Å². The van der Waals surface area contributed by atoms with E-state index in [4.69, 9.17) is 4.74 Å². The molecule has 1 saturated carbocycles. The van der Waals surface area contributed by atoms with Crippen molar-refractivity contribution in [2.24, 2.45) is 10.4 Å². The summed E-state index contributed by atoms with van der Waals surface area (Å²) >= 11 is 0. The van der Waals surface area contributed by atoms with E-state index in [2.05, 4.69) is 31.6 Å². The third kappa shape index (κ3) is 7.53. The SMILES string of the molecule is CN=C(NCc1cccc(N(C)C)n1)NCC1(CN2CCOCC2)CCCCC1.I. The number of hydrogen-bond donors (Lipinski definition) is 2. The minimum Gasteiger partial charge on any atom is -0.379 e. The molecule has 30 heavy (non-hydrogen) atoms. The van der Waals surface area contributed by atoms with Crippen LogP contribution in [0, 0.1) is 5.41 Å². The zero-order valence-corrected chi connectivity index (χ0v) is 21.2. The highest BCUT2D eigenvalue weighted by atomic mass is 127. The molecule has 0 atom stereocenters. The molecule has 7 nitrogen and oxygen atoms in total. The number of rotatable bonds is 7. The zero-order valence-electron chi connectivity index (χ0n) is 18.8. The van der Waals surface area contributed by atoms with Gasteiger partial charge in [-0.2, -0.15) is 0 Å². The minimum atomic E-state index is 0. The fourth-order valence-corrected chi connectivity index (χ4v) is 4.41. The predicted molar refractivity (Wildman–Crippen MR) is 135 cm³/mol. The number of ether oxygens (including phenoxy) is 1. The monoisotopic (exact) mass is 530 g/mol. The standard InChI is InChI=1S/C22H38N6O.HI/c1-23-21(24-16-19-8-7-9-20(26-19)27(2)3)25-17-22(10-5-4-6-11-22)18-28-12-14-29-15-13-28;/h7-9H,4-6,10-18H2,1-3H3,(H2,23,24,25);1H. The second-order valence-electron chi connectivity index (χ2n) is 8.61. The summed E-state index contributed by atoms with van der Waals surface area (Å²) in [5, 5.41) is 7.06. The molecule has 1 aliphatic heterocycles. The Morgan fingerprint density at radius 3 is 2.57 bits per heavy atom. The average molecular weight is 530 g/mol. The van der Waals surface area contributed by atoms with Crippen LogP contribution in [0.5, 0.6) is 0 Å². The molecule has 1 aliphatic carbocycles. The third-order valence-electron chi connectivity index (χ3n) is 6.12. The van der Waals surface area contributed by atoms with Crippen LogP contribution in [0.15, 0.2) is 23.2 Å². The number of nitrogens with one attached hydrogen (secondary N) is 2. The normalized spacial score (nSPS) is 19.6. The molecule has 1 saturated heterocycles. The molecule has 1 aromatic rings. The van der Waals surface area contributed by atoms with Crippen LogP contribution in [0.2, 0.25) is 0 Å². The van der Waals surface area contributed by atoms with Gasteiger partial charge in [-0.1, -0.05) is 25.3 Å². The van der Waals surface area contributed by atoms with Crippen molar-refractivity contribution in [2.45, 2.75) is 38.6 Å². The summed E-state index contributed by atoms with van der Waals surface area (Å²) < 4.78 is 5.54. The molecule has 0 unspecified atom stereocenters.